The standard InChI is InChI=1S/C16H27NO2/c1-6-16(4,5)15(17)12-9-10-13(18-7-2)14(11-12)19-8-3/h9-11,15H,6-8,17H2,1-5H3. The Balaban J connectivity index is 3.07. The molecule has 0 amide bonds. The molecule has 1 atom stereocenters. The lowest BCUT2D eigenvalue weighted by atomic mass is 9.79. The van der Waals surface area contributed by atoms with Crippen molar-refractivity contribution in [2.75, 3.05) is 13.2 Å². The molecule has 0 aliphatic rings. The predicted octanol–water partition coefficient (Wildman–Crippen LogP) is 3.92. The van der Waals surface area contributed by atoms with Crippen molar-refractivity contribution in [2.24, 2.45) is 11.1 Å². The van der Waals surface area contributed by atoms with Crippen LogP contribution >= 0.6 is 0 Å². The highest BCUT2D eigenvalue weighted by Gasteiger charge is 2.26. The quantitative estimate of drug-likeness (QED) is 0.812. The number of hydrogen-bond acceptors (Lipinski definition) is 3. The van der Waals surface area contributed by atoms with Gasteiger partial charge in [0.15, 0.2) is 11.5 Å². The lowest BCUT2D eigenvalue weighted by molar-refractivity contribution is 0.272. The SMILES string of the molecule is CCOc1ccc(C(N)C(C)(C)CC)cc1OCC. The molecule has 0 radical (unpaired) electrons. The van der Waals surface area contributed by atoms with Crippen molar-refractivity contribution >= 4 is 0 Å². The molecule has 0 saturated carbocycles. The first-order chi connectivity index (χ1) is 8.96. The normalized spacial score (nSPS) is 13.2. The first kappa shape index (κ1) is 15.8. The third-order valence-electron chi connectivity index (χ3n) is 3.68. The number of benzene rings is 1. The first-order valence-electron chi connectivity index (χ1n) is 7.11. The van der Waals surface area contributed by atoms with Crippen LogP contribution in [0.4, 0.5) is 0 Å². The van der Waals surface area contributed by atoms with Crippen molar-refractivity contribution in [3.63, 3.8) is 0 Å². The number of ether oxygens (including phenoxy) is 2. The minimum atomic E-state index is -0.00705. The van der Waals surface area contributed by atoms with Gasteiger partial charge in [0.25, 0.3) is 0 Å². The van der Waals surface area contributed by atoms with Gasteiger partial charge in [-0.3, -0.25) is 0 Å². The Labute approximate surface area is 117 Å². The van der Waals surface area contributed by atoms with Crippen LogP contribution in [0.2, 0.25) is 0 Å². The van der Waals surface area contributed by atoms with Crippen molar-refractivity contribution in [3.8, 4) is 11.5 Å². The summed E-state index contributed by atoms with van der Waals surface area (Å²) in [5, 5.41) is 0. The molecule has 1 aromatic rings. The number of rotatable bonds is 7. The van der Waals surface area contributed by atoms with Crippen molar-refractivity contribution in [3.05, 3.63) is 23.8 Å². The number of hydrogen-bond donors (Lipinski definition) is 1. The highest BCUT2D eigenvalue weighted by molar-refractivity contribution is 5.44. The average Bonchev–Trinajstić information content (AvgIpc) is 2.40. The fourth-order valence-electron chi connectivity index (χ4n) is 1.93. The molecule has 0 saturated heterocycles. The van der Waals surface area contributed by atoms with Gasteiger partial charge in [0.2, 0.25) is 0 Å². The summed E-state index contributed by atoms with van der Waals surface area (Å²) >= 11 is 0. The monoisotopic (exact) mass is 265 g/mol. The Morgan fingerprint density at radius 1 is 1.05 bits per heavy atom. The van der Waals surface area contributed by atoms with Gasteiger partial charge in [-0.05, 0) is 43.4 Å². The van der Waals surface area contributed by atoms with Gasteiger partial charge < -0.3 is 15.2 Å². The summed E-state index contributed by atoms with van der Waals surface area (Å²) in [4.78, 5) is 0. The fourth-order valence-corrected chi connectivity index (χ4v) is 1.93. The van der Waals surface area contributed by atoms with Gasteiger partial charge in [0, 0.05) is 6.04 Å². The van der Waals surface area contributed by atoms with E-state index in [1.54, 1.807) is 0 Å². The zero-order chi connectivity index (χ0) is 14.5. The average molecular weight is 265 g/mol. The van der Waals surface area contributed by atoms with Gasteiger partial charge >= 0.3 is 0 Å². The van der Waals surface area contributed by atoms with E-state index in [1.165, 1.54) is 0 Å². The van der Waals surface area contributed by atoms with Crippen LogP contribution in [-0.2, 0) is 0 Å². The molecule has 108 valence electrons. The van der Waals surface area contributed by atoms with Crippen molar-refractivity contribution < 1.29 is 9.47 Å². The maximum atomic E-state index is 6.38. The summed E-state index contributed by atoms with van der Waals surface area (Å²) in [6, 6.07) is 5.99. The van der Waals surface area contributed by atoms with E-state index in [2.05, 4.69) is 20.8 Å². The van der Waals surface area contributed by atoms with E-state index in [0.717, 1.165) is 23.5 Å². The first-order valence-corrected chi connectivity index (χ1v) is 7.11. The molecule has 0 aliphatic heterocycles. The summed E-state index contributed by atoms with van der Waals surface area (Å²) in [7, 11) is 0. The molecule has 0 aliphatic carbocycles. The molecule has 1 unspecified atom stereocenters. The van der Waals surface area contributed by atoms with Crippen LogP contribution in [-0.4, -0.2) is 13.2 Å². The van der Waals surface area contributed by atoms with Crippen LogP contribution in [0.5, 0.6) is 11.5 Å². The van der Waals surface area contributed by atoms with Gasteiger partial charge in [-0.2, -0.15) is 0 Å². The third-order valence-corrected chi connectivity index (χ3v) is 3.68. The van der Waals surface area contributed by atoms with Crippen LogP contribution in [0.3, 0.4) is 0 Å². The van der Waals surface area contributed by atoms with Crippen molar-refractivity contribution in [1.29, 1.82) is 0 Å². The zero-order valence-electron chi connectivity index (χ0n) is 12.8. The summed E-state index contributed by atoms with van der Waals surface area (Å²) in [5.74, 6) is 1.57. The largest absolute Gasteiger partial charge is 0.490 e. The van der Waals surface area contributed by atoms with E-state index in [-0.39, 0.29) is 11.5 Å². The maximum absolute atomic E-state index is 6.38. The maximum Gasteiger partial charge on any atom is 0.161 e. The van der Waals surface area contributed by atoms with Crippen molar-refractivity contribution in [2.45, 2.75) is 47.1 Å². The van der Waals surface area contributed by atoms with E-state index in [1.807, 2.05) is 32.0 Å². The molecule has 1 aromatic carbocycles. The lowest BCUT2D eigenvalue weighted by Crippen LogP contribution is -2.28. The van der Waals surface area contributed by atoms with Gasteiger partial charge in [0.05, 0.1) is 13.2 Å². The van der Waals surface area contributed by atoms with Gasteiger partial charge in [0.1, 0.15) is 0 Å². The Kier molecular flexibility index (Phi) is 5.67. The molecular weight excluding hydrogens is 238 g/mol. The Bertz CT molecular complexity index is 402. The molecule has 0 heterocycles. The highest BCUT2D eigenvalue weighted by Crippen LogP contribution is 2.38. The molecular formula is C16H27NO2. The molecule has 0 fully saturated rings. The van der Waals surface area contributed by atoms with Gasteiger partial charge in [-0.25, -0.2) is 0 Å². The molecule has 0 bridgehead atoms. The molecule has 0 aromatic heterocycles. The van der Waals surface area contributed by atoms with E-state index in [0.29, 0.717) is 13.2 Å². The Hall–Kier alpha value is -1.22. The zero-order valence-corrected chi connectivity index (χ0v) is 12.8. The molecule has 2 N–H and O–H groups in total. The van der Waals surface area contributed by atoms with E-state index in [4.69, 9.17) is 15.2 Å². The minimum absolute atomic E-state index is 0.00705. The van der Waals surface area contributed by atoms with Crippen molar-refractivity contribution in [1.82, 2.24) is 0 Å². The second kappa shape index (κ2) is 6.80. The van der Waals surface area contributed by atoms with E-state index >= 15 is 0 Å². The van der Waals surface area contributed by atoms with E-state index in [9.17, 15) is 0 Å². The van der Waals surface area contributed by atoms with Crippen LogP contribution in [0.25, 0.3) is 0 Å². The number of nitrogens with two attached hydrogens (primary N) is 1. The molecule has 19 heavy (non-hydrogen) atoms. The second-order valence-corrected chi connectivity index (χ2v) is 5.39. The van der Waals surface area contributed by atoms with Gasteiger partial charge in [-0.1, -0.05) is 26.8 Å². The molecule has 3 heteroatoms. The topological polar surface area (TPSA) is 44.5 Å². The molecule has 3 nitrogen and oxygen atoms in total. The lowest BCUT2D eigenvalue weighted by Gasteiger charge is -2.31. The summed E-state index contributed by atoms with van der Waals surface area (Å²) in [6.07, 6.45) is 1.03. The van der Waals surface area contributed by atoms with Crippen LogP contribution in [0, 0.1) is 5.41 Å². The second-order valence-electron chi connectivity index (χ2n) is 5.39. The van der Waals surface area contributed by atoms with Crippen LogP contribution in [0.1, 0.15) is 52.6 Å². The fraction of sp³-hybridized carbons (Fsp3) is 0.625. The minimum Gasteiger partial charge on any atom is -0.490 e. The predicted molar refractivity (Wildman–Crippen MR) is 79.8 cm³/mol. The summed E-state index contributed by atoms with van der Waals surface area (Å²) in [6.45, 7) is 11.7. The molecule has 0 spiro atoms. The van der Waals surface area contributed by atoms with Crippen LogP contribution in [0.15, 0.2) is 18.2 Å². The third kappa shape index (κ3) is 3.87. The molecule has 1 rings (SSSR count). The summed E-state index contributed by atoms with van der Waals surface area (Å²) < 4.78 is 11.2. The van der Waals surface area contributed by atoms with Gasteiger partial charge in [-0.15, -0.1) is 0 Å². The van der Waals surface area contributed by atoms with Crippen LogP contribution < -0.4 is 15.2 Å². The highest BCUT2D eigenvalue weighted by atomic mass is 16.5. The Morgan fingerprint density at radius 3 is 2.16 bits per heavy atom. The summed E-state index contributed by atoms with van der Waals surface area (Å²) in [5.41, 5.74) is 7.54. The Morgan fingerprint density at radius 2 is 1.63 bits per heavy atom. The smallest absolute Gasteiger partial charge is 0.161 e. The van der Waals surface area contributed by atoms with E-state index < -0.39 is 0 Å².